The van der Waals surface area contributed by atoms with Crippen LogP contribution in [0.15, 0.2) is 18.2 Å². The van der Waals surface area contributed by atoms with Gasteiger partial charge in [0.15, 0.2) is 0 Å². The number of benzene rings is 1. The van der Waals surface area contributed by atoms with E-state index in [-0.39, 0.29) is 11.6 Å². The van der Waals surface area contributed by atoms with Crippen molar-refractivity contribution >= 4 is 17.3 Å². The van der Waals surface area contributed by atoms with Crippen LogP contribution in [0, 0.1) is 20.8 Å². The quantitative estimate of drug-likeness (QED) is 0.707. The standard InChI is InChI=1S/C20H27ClN2O2/c1-7-16(8-2)23(6)17-11-14(5)22-20(18(17)24)25-19-12(3)9-15(21)10-13(19)4/h9-11,16,24H,7-8H2,1-6H3. The van der Waals surface area contributed by atoms with Crippen molar-refractivity contribution in [1.82, 2.24) is 4.98 Å². The van der Waals surface area contributed by atoms with E-state index in [1.54, 1.807) is 0 Å². The molecule has 0 fully saturated rings. The van der Waals surface area contributed by atoms with Crippen LogP contribution in [0.25, 0.3) is 0 Å². The van der Waals surface area contributed by atoms with E-state index in [0.717, 1.165) is 35.3 Å². The maximum atomic E-state index is 10.8. The Kier molecular flexibility index (Phi) is 6.17. The van der Waals surface area contributed by atoms with Crippen LogP contribution in [-0.2, 0) is 0 Å². The number of rotatable bonds is 6. The highest BCUT2D eigenvalue weighted by Gasteiger charge is 2.20. The van der Waals surface area contributed by atoms with Gasteiger partial charge in [-0.3, -0.25) is 0 Å². The van der Waals surface area contributed by atoms with Crippen molar-refractivity contribution in [2.75, 3.05) is 11.9 Å². The summed E-state index contributed by atoms with van der Waals surface area (Å²) in [7, 11) is 1.99. The fourth-order valence-corrected chi connectivity index (χ4v) is 3.48. The number of nitrogens with zero attached hydrogens (tertiary/aromatic N) is 2. The van der Waals surface area contributed by atoms with Gasteiger partial charge in [0.05, 0.1) is 5.69 Å². The van der Waals surface area contributed by atoms with Gasteiger partial charge in [-0.2, -0.15) is 0 Å². The molecule has 1 aromatic carbocycles. The van der Waals surface area contributed by atoms with Gasteiger partial charge in [-0.25, -0.2) is 4.98 Å². The Balaban J connectivity index is 2.47. The van der Waals surface area contributed by atoms with E-state index in [0.29, 0.717) is 16.8 Å². The van der Waals surface area contributed by atoms with E-state index < -0.39 is 0 Å². The highest BCUT2D eigenvalue weighted by Crippen LogP contribution is 2.40. The lowest BCUT2D eigenvalue weighted by molar-refractivity contribution is 0.392. The van der Waals surface area contributed by atoms with Crippen molar-refractivity contribution in [2.45, 2.75) is 53.5 Å². The molecule has 4 nitrogen and oxygen atoms in total. The second kappa shape index (κ2) is 7.96. The Hall–Kier alpha value is -1.94. The normalized spacial score (nSPS) is 11.0. The van der Waals surface area contributed by atoms with Crippen molar-refractivity contribution in [1.29, 1.82) is 0 Å². The minimum absolute atomic E-state index is 0.0637. The second-order valence-electron chi connectivity index (χ2n) is 6.49. The number of pyridine rings is 1. The second-order valence-corrected chi connectivity index (χ2v) is 6.92. The summed E-state index contributed by atoms with van der Waals surface area (Å²) in [4.78, 5) is 6.49. The van der Waals surface area contributed by atoms with Gasteiger partial charge in [0.25, 0.3) is 5.88 Å². The highest BCUT2D eigenvalue weighted by molar-refractivity contribution is 6.30. The first kappa shape index (κ1) is 19.4. The first-order valence-corrected chi connectivity index (χ1v) is 9.04. The Morgan fingerprint density at radius 2 is 1.68 bits per heavy atom. The zero-order chi connectivity index (χ0) is 18.7. The Morgan fingerprint density at radius 3 is 2.20 bits per heavy atom. The number of hydrogen-bond acceptors (Lipinski definition) is 4. The van der Waals surface area contributed by atoms with Crippen LogP contribution in [0.2, 0.25) is 5.02 Å². The average Bonchev–Trinajstić information content (AvgIpc) is 2.54. The molecule has 0 bridgehead atoms. The fourth-order valence-electron chi connectivity index (χ4n) is 3.15. The third-order valence-electron chi connectivity index (χ3n) is 4.56. The average molecular weight is 363 g/mol. The number of aryl methyl sites for hydroxylation is 3. The smallest absolute Gasteiger partial charge is 0.264 e. The molecule has 0 aliphatic rings. The highest BCUT2D eigenvalue weighted by atomic mass is 35.5. The monoisotopic (exact) mass is 362 g/mol. The first-order valence-electron chi connectivity index (χ1n) is 8.66. The molecule has 0 saturated heterocycles. The zero-order valence-electron chi connectivity index (χ0n) is 15.9. The fraction of sp³-hybridized carbons (Fsp3) is 0.450. The summed E-state index contributed by atoms with van der Waals surface area (Å²) < 4.78 is 6.00. The van der Waals surface area contributed by atoms with Crippen molar-refractivity contribution in [3.63, 3.8) is 0 Å². The summed E-state index contributed by atoms with van der Waals surface area (Å²) in [5.74, 6) is 0.962. The van der Waals surface area contributed by atoms with Crippen molar-refractivity contribution in [3.05, 3.63) is 40.0 Å². The molecule has 0 aliphatic heterocycles. The predicted octanol–water partition coefficient (Wildman–Crippen LogP) is 5.78. The lowest BCUT2D eigenvalue weighted by Crippen LogP contribution is -2.30. The third-order valence-corrected chi connectivity index (χ3v) is 4.78. The molecule has 0 atom stereocenters. The number of aromatic hydroxyl groups is 1. The van der Waals surface area contributed by atoms with Crippen LogP contribution >= 0.6 is 11.6 Å². The van der Waals surface area contributed by atoms with Gasteiger partial charge in [-0.1, -0.05) is 25.4 Å². The maximum absolute atomic E-state index is 10.8. The minimum atomic E-state index is 0.0637. The number of ether oxygens (including phenoxy) is 1. The van der Waals surface area contributed by atoms with E-state index in [9.17, 15) is 5.11 Å². The summed E-state index contributed by atoms with van der Waals surface area (Å²) in [6.07, 6.45) is 2.00. The Bertz CT molecular complexity index is 735. The SMILES string of the molecule is CCC(CC)N(C)c1cc(C)nc(Oc2c(C)cc(Cl)cc2C)c1O. The van der Waals surface area contributed by atoms with Crippen molar-refractivity contribution < 1.29 is 9.84 Å². The molecule has 136 valence electrons. The summed E-state index contributed by atoms with van der Waals surface area (Å²) in [5, 5.41) is 11.4. The van der Waals surface area contributed by atoms with E-state index >= 15 is 0 Å². The molecule has 0 radical (unpaired) electrons. The van der Waals surface area contributed by atoms with Crippen molar-refractivity contribution in [3.8, 4) is 17.4 Å². The van der Waals surface area contributed by atoms with Gasteiger partial charge in [0, 0.05) is 23.8 Å². The molecule has 5 heteroatoms. The molecule has 0 spiro atoms. The number of aromatic nitrogens is 1. The molecule has 0 amide bonds. The van der Waals surface area contributed by atoms with Gasteiger partial charge in [0.1, 0.15) is 5.75 Å². The largest absolute Gasteiger partial charge is 0.502 e. The molecule has 2 aromatic rings. The van der Waals surface area contributed by atoms with E-state index in [1.165, 1.54) is 0 Å². The lowest BCUT2D eigenvalue weighted by Gasteiger charge is -2.29. The number of anilines is 1. The first-order chi connectivity index (χ1) is 11.8. The molecule has 2 rings (SSSR count). The lowest BCUT2D eigenvalue weighted by atomic mass is 10.1. The number of halogens is 1. The molecular formula is C20H27ClN2O2. The molecule has 1 aromatic heterocycles. The molecule has 1 heterocycles. The topological polar surface area (TPSA) is 45.6 Å². The van der Waals surface area contributed by atoms with Gasteiger partial charge >= 0.3 is 0 Å². The summed E-state index contributed by atoms with van der Waals surface area (Å²) in [5.41, 5.74) is 3.34. The van der Waals surface area contributed by atoms with Gasteiger partial charge in [-0.05, 0) is 62.9 Å². The summed E-state index contributed by atoms with van der Waals surface area (Å²) in [6.45, 7) is 10.1. The molecular weight excluding hydrogens is 336 g/mol. The van der Waals surface area contributed by atoms with Gasteiger partial charge < -0.3 is 14.7 Å². The summed E-state index contributed by atoms with van der Waals surface area (Å²) in [6, 6.07) is 5.92. The Morgan fingerprint density at radius 1 is 1.12 bits per heavy atom. The molecule has 25 heavy (non-hydrogen) atoms. The number of hydrogen-bond donors (Lipinski definition) is 1. The summed E-state index contributed by atoms with van der Waals surface area (Å²) >= 11 is 6.09. The van der Waals surface area contributed by atoms with E-state index in [2.05, 4.69) is 23.7 Å². The minimum Gasteiger partial charge on any atom is -0.502 e. The Labute approximate surface area is 155 Å². The van der Waals surface area contributed by atoms with Gasteiger partial charge in [-0.15, -0.1) is 0 Å². The van der Waals surface area contributed by atoms with E-state index in [4.69, 9.17) is 16.3 Å². The molecule has 0 saturated carbocycles. The molecule has 0 aliphatic carbocycles. The van der Waals surface area contributed by atoms with Crippen LogP contribution in [0.3, 0.4) is 0 Å². The third kappa shape index (κ3) is 4.18. The van der Waals surface area contributed by atoms with Crippen LogP contribution in [0.1, 0.15) is 43.5 Å². The molecule has 1 N–H and O–H groups in total. The van der Waals surface area contributed by atoms with Crippen LogP contribution < -0.4 is 9.64 Å². The zero-order valence-corrected chi connectivity index (χ0v) is 16.6. The van der Waals surface area contributed by atoms with Gasteiger partial charge in [0.2, 0.25) is 5.75 Å². The van der Waals surface area contributed by atoms with Crippen LogP contribution in [0.4, 0.5) is 5.69 Å². The van der Waals surface area contributed by atoms with Crippen LogP contribution in [-0.4, -0.2) is 23.2 Å². The van der Waals surface area contributed by atoms with Crippen LogP contribution in [0.5, 0.6) is 17.4 Å². The van der Waals surface area contributed by atoms with E-state index in [1.807, 2.05) is 46.0 Å². The molecule has 0 unspecified atom stereocenters. The van der Waals surface area contributed by atoms with Crippen molar-refractivity contribution in [2.24, 2.45) is 0 Å². The maximum Gasteiger partial charge on any atom is 0.264 e. The predicted molar refractivity (Wildman–Crippen MR) is 104 cm³/mol.